The highest BCUT2D eigenvalue weighted by Crippen LogP contribution is 2.30. The number of ketones is 1. The van der Waals surface area contributed by atoms with E-state index in [0.29, 0.717) is 12.1 Å². The molecule has 6 heteroatoms. The van der Waals surface area contributed by atoms with Gasteiger partial charge in [0.25, 0.3) is 0 Å². The summed E-state index contributed by atoms with van der Waals surface area (Å²) in [5, 5.41) is 0. The number of likely N-dealkylation sites (tertiary alicyclic amines) is 1. The molecule has 2 aromatic rings. The largest absolute Gasteiger partial charge is 0.416 e. The summed E-state index contributed by atoms with van der Waals surface area (Å²) in [6.07, 6.45) is 0.811. The van der Waals surface area contributed by atoms with E-state index in [0.717, 1.165) is 43.6 Å². The Kier molecular flexibility index (Phi) is 5.18. The Balaban J connectivity index is 1.65. The summed E-state index contributed by atoms with van der Waals surface area (Å²) in [5.41, 5.74) is 0.706. The van der Waals surface area contributed by atoms with Crippen LogP contribution in [0.5, 0.6) is 0 Å². The van der Waals surface area contributed by atoms with Crippen molar-refractivity contribution in [2.45, 2.75) is 25.6 Å². The van der Waals surface area contributed by atoms with Crippen LogP contribution in [-0.4, -0.2) is 28.8 Å². The van der Waals surface area contributed by atoms with E-state index in [1.165, 1.54) is 12.1 Å². The first-order chi connectivity index (χ1) is 11.9. The van der Waals surface area contributed by atoms with Crippen molar-refractivity contribution in [1.82, 2.24) is 9.88 Å². The number of halogens is 3. The zero-order valence-electron chi connectivity index (χ0n) is 13.7. The number of aromatic nitrogens is 1. The van der Waals surface area contributed by atoms with Crippen molar-refractivity contribution < 1.29 is 18.0 Å². The molecule has 1 unspecified atom stereocenters. The molecule has 1 fully saturated rings. The van der Waals surface area contributed by atoms with Crippen LogP contribution in [0.3, 0.4) is 0 Å². The highest BCUT2D eigenvalue weighted by Gasteiger charge is 2.31. The topological polar surface area (TPSA) is 33.2 Å². The number of piperidine rings is 1. The lowest BCUT2D eigenvalue weighted by molar-refractivity contribution is -0.137. The van der Waals surface area contributed by atoms with Gasteiger partial charge in [-0.2, -0.15) is 13.2 Å². The van der Waals surface area contributed by atoms with Crippen LogP contribution in [0.4, 0.5) is 13.2 Å². The number of carbonyl (C=O) groups is 1. The third-order valence-electron chi connectivity index (χ3n) is 4.50. The Morgan fingerprint density at radius 1 is 1.20 bits per heavy atom. The molecule has 0 saturated carbocycles. The molecule has 0 N–H and O–H groups in total. The summed E-state index contributed by atoms with van der Waals surface area (Å²) in [7, 11) is 0. The van der Waals surface area contributed by atoms with E-state index in [-0.39, 0.29) is 11.7 Å². The normalized spacial score (nSPS) is 18.9. The van der Waals surface area contributed by atoms with Crippen molar-refractivity contribution in [1.29, 1.82) is 0 Å². The van der Waals surface area contributed by atoms with E-state index in [1.807, 2.05) is 12.1 Å². The Morgan fingerprint density at radius 3 is 2.60 bits per heavy atom. The third kappa shape index (κ3) is 4.45. The Labute approximate surface area is 144 Å². The third-order valence-corrected chi connectivity index (χ3v) is 4.50. The molecular formula is C19H19F3N2O. The predicted molar refractivity (Wildman–Crippen MR) is 88.0 cm³/mol. The van der Waals surface area contributed by atoms with Gasteiger partial charge in [0.05, 0.1) is 5.56 Å². The molecule has 0 aliphatic carbocycles. The van der Waals surface area contributed by atoms with E-state index in [4.69, 9.17) is 0 Å². The van der Waals surface area contributed by atoms with Gasteiger partial charge in [-0.1, -0.05) is 18.2 Å². The van der Waals surface area contributed by atoms with Crippen molar-refractivity contribution in [3.8, 4) is 0 Å². The number of alkyl halides is 3. The molecular weight excluding hydrogens is 329 g/mol. The standard InChI is InChI=1S/C19H19F3N2O/c20-19(21,22)17-7-5-15(6-8-17)18(25)16-4-2-10-24(13-16)12-14-3-1-9-23-11-14/h1,3,5-9,11,16H,2,4,10,12-13H2. The number of benzene rings is 1. The lowest BCUT2D eigenvalue weighted by Gasteiger charge is -2.32. The Morgan fingerprint density at radius 2 is 1.96 bits per heavy atom. The van der Waals surface area contributed by atoms with Gasteiger partial charge >= 0.3 is 6.18 Å². The molecule has 1 aliphatic rings. The van der Waals surface area contributed by atoms with E-state index >= 15 is 0 Å². The van der Waals surface area contributed by atoms with Crippen molar-refractivity contribution in [2.24, 2.45) is 5.92 Å². The SMILES string of the molecule is O=C(c1ccc(C(F)(F)F)cc1)C1CCCN(Cc2cccnc2)C1. The molecule has 132 valence electrons. The fourth-order valence-corrected chi connectivity index (χ4v) is 3.22. The van der Waals surface area contributed by atoms with E-state index in [9.17, 15) is 18.0 Å². The van der Waals surface area contributed by atoms with Crippen molar-refractivity contribution in [3.63, 3.8) is 0 Å². The molecule has 0 spiro atoms. The van der Waals surface area contributed by atoms with Gasteiger partial charge in [0.15, 0.2) is 5.78 Å². The highest BCUT2D eigenvalue weighted by atomic mass is 19.4. The van der Waals surface area contributed by atoms with Gasteiger partial charge in [-0.15, -0.1) is 0 Å². The van der Waals surface area contributed by atoms with Gasteiger partial charge in [-0.3, -0.25) is 14.7 Å². The smallest absolute Gasteiger partial charge is 0.298 e. The monoisotopic (exact) mass is 348 g/mol. The zero-order valence-corrected chi connectivity index (χ0v) is 13.7. The van der Waals surface area contributed by atoms with Crippen LogP contribution in [0.25, 0.3) is 0 Å². The molecule has 1 aliphatic heterocycles. The number of hydrogen-bond acceptors (Lipinski definition) is 3. The van der Waals surface area contributed by atoms with Crippen LogP contribution >= 0.6 is 0 Å². The molecule has 3 nitrogen and oxygen atoms in total. The number of Topliss-reactive ketones (excluding diaryl/α,β-unsaturated/α-hetero) is 1. The lowest BCUT2D eigenvalue weighted by atomic mass is 9.89. The number of rotatable bonds is 4. The van der Waals surface area contributed by atoms with Crippen LogP contribution in [-0.2, 0) is 12.7 Å². The molecule has 0 bridgehead atoms. The van der Waals surface area contributed by atoms with Gasteiger partial charge < -0.3 is 0 Å². The zero-order chi connectivity index (χ0) is 17.9. The van der Waals surface area contributed by atoms with Crippen LogP contribution < -0.4 is 0 Å². The first-order valence-electron chi connectivity index (χ1n) is 8.26. The maximum atomic E-state index is 12.6. The van der Waals surface area contributed by atoms with Gasteiger partial charge in [0.2, 0.25) is 0 Å². The van der Waals surface area contributed by atoms with Crippen LogP contribution in [0.2, 0.25) is 0 Å². The fourth-order valence-electron chi connectivity index (χ4n) is 3.22. The quantitative estimate of drug-likeness (QED) is 0.777. The summed E-state index contributed by atoms with van der Waals surface area (Å²) >= 11 is 0. The van der Waals surface area contributed by atoms with E-state index < -0.39 is 11.7 Å². The van der Waals surface area contributed by atoms with Crippen molar-refractivity contribution in [3.05, 3.63) is 65.5 Å². The minimum Gasteiger partial charge on any atom is -0.298 e. The number of pyridine rings is 1. The molecule has 2 heterocycles. The molecule has 1 saturated heterocycles. The summed E-state index contributed by atoms with van der Waals surface area (Å²) in [5.74, 6) is -0.258. The molecule has 3 rings (SSSR count). The lowest BCUT2D eigenvalue weighted by Crippen LogP contribution is -2.38. The number of carbonyl (C=O) groups excluding carboxylic acids is 1. The first-order valence-corrected chi connectivity index (χ1v) is 8.26. The first kappa shape index (κ1) is 17.6. The second-order valence-electron chi connectivity index (χ2n) is 6.37. The van der Waals surface area contributed by atoms with Crippen LogP contribution in [0, 0.1) is 5.92 Å². The van der Waals surface area contributed by atoms with Crippen molar-refractivity contribution >= 4 is 5.78 Å². The minimum absolute atomic E-state index is 0.0791. The minimum atomic E-state index is -4.38. The maximum Gasteiger partial charge on any atom is 0.416 e. The second-order valence-corrected chi connectivity index (χ2v) is 6.37. The van der Waals surface area contributed by atoms with Crippen LogP contribution in [0.15, 0.2) is 48.8 Å². The van der Waals surface area contributed by atoms with Gasteiger partial charge in [-0.05, 0) is 43.1 Å². The molecule has 1 atom stereocenters. The Hall–Kier alpha value is -2.21. The maximum absolute atomic E-state index is 12.6. The van der Waals surface area contributed by atoms with Crippen LogP contribution in [0.1, 0.15) is 34.3 Å². The Bertz CT molecular complexity index is 714. The summed E-state index contributed by atoms with van der Waals surface area (Å²) < 4.78 is 37.9. The summed E-state index contributed by atoms with van der Waals surface area (Å²) in [4.78, 5) is 18.9. The predicted octanol–water partition coefficient (Wildman–Crippen LogP) is 4.20. The van der Waals surface area contributed by atoms with E-state index in [1.54, 1.807) is 12.4 Å². The fraction of sp³-hybridized carbons (Fsp3) is 0.368. The van der Waals surface area contributed by atoms with Gasteiger partial charge in [-0.25, -0.2) is 0 Å². The second kappa shape index (κ2) is 7.35. The number of nitrogens with zero attached hydrogens (tertiary/aromatic N) is 2. The molecule has 0 amide bonds. The molecule has 25 heavy (non-hydrogen) atoms. The molecule has 0 radical (unpaired) electrons. The summed E-state index contributed by atoms with van der Waals surface area (Å²) in [6, 6.07) is 8.39. The van der Waals surface area contributed by atoms with Crippen molar-refractivity contribution in [2.75, 3.05) is 13.1 Å². The highest BCUT2D eigenvalue weighted by molar-refractivity contribution is 5.98. The average molecular weight is 348 g/mol. The van der Waals surface area contributed by atoms with Gasteiger partial charge in [0, 0.05) is 37.0 Å². The summed E-state index contributed by atoms with van der Waals surface area (Å²) in [6.45, 7) is 2.26. The van der Waals surface area contributed by atoms with Gasteiger partial charge in [0.1, 0.15) is 0 Å². The average Bonchev–Trinajstić information content (AvgIpc) is 2.61. The van der Waals surface area contributed by atoms with E-state index in [2.05, 4.69) is 9.88 Å². The number of hydrogen-bond donors (Lipinski definition) is 0. The molecule has 1 aromatic carbocycles. The molecule has 1 aromatic heterocycles.